The molecule has 0 aliphatic rings. The highest BCUT2D eigenvalue weighted by molar-refractivity contribution is 7.17. The maximum atomic E-state index is 13.7. The van der Waals surface area contributed by atoms with Crippen LogP contribution < -0.4 is 4.80 Å². The molecule has 0 unspecified atom stereocenters. The summed E-state index contributed by atoms with van der Waals surface area (Å²) in [5.74, 6) is -0.625. The van der Waals surface area contributed by atoms with Gasteiger partial charge < -0.3 is 9.30 Å². The quantitative estimate of drug-likeness (QED) is 0.329. The van der Waals surface area contributed by atoms with Crippen molar-refractivity contribution in [2.45, 2.75) is 12.5 Å². The van der Waals surface area contributed by atoms with Crippen LogP contribution in [0.25, 0.3) is 21.0 Å². The van der Waals surface area contributed by atoms with E-state index >= 15 is 0 Å². The van der Waals surface area contributed by atoms with Gasteiger partial charge in [0.15, 0.2) is 4.80 Å². The molecule has 0 aliphatic heterocycles. The van der Waals surface area contributed by atoms with Gasteiger partial charge in [-0.15, -0.1) is 0 Å². The summed E-state index contributed by atoms with van der Waals surface area (Å²) in [6.45, 7) is 1.17. The monoisotopic (exact) mass is 452 g/mol. The maximum Gasteiger partial charge on any atom is 0.260 e. The maximum absolute atomic E-state index is 13.7. The van der Waals surface area contributed by atoms with Crippen molar-refractivity contribution in [1.82, 2.24) is 4.57 Å². The summed E-state index contributed by atoms with van der Waals surface area (Å²) >= 11 is 1.56. The summed E-state index contributed by atoms with van der Waals surface area (Å²) in [5.41, 5.74) is 2.94. The lowest BCUT2D eigenvalue weighted by Crippen LogP contribution is -2.22. The number of thiazole rings is 1. The smallest absolute Gasteiger partial charge is 0.260 e. The fraction of sp³-hybridized carbons (Fsp3) is 0.143. The minimum absolute atomic E-state index is 0.172. The number of benzene rings is 4. The van der Waals surface area contributed by atoms with Crippen LogP contribution in [-0.2, 0) is 16.1 Å². The van der Waals surface area contributed by atoms with Crippen LogP contribution in [0.4, 0.5) is 0 Å². The molecule has 0 saturated heterocycles. The molecule has 4 nitrogen and oxygen atoms in total. The molecule has 5 heteroatoms. The Labute approximate surface area is 196 Å². The number of amides is 1. The Balaban J connectivity index is 1.69. The lowest BCUT2D eigenvalue weighted by Gasteiger charge is -2.14. The van der Waals surface area contributed by atoms with Crippen LogP contribution in [-0.4, -0.2) is 24.2 Å². The zero-order chi connectivity index (χ0) is 22.6. The van der Waals surface area contributed by atoms with Crippen LogP contribution >= 0.6 is 11.3 Å². The van der Waals surface area contributed by atoms with Gasteiger partial charge in [-0.1, -0.05) is 102 Å². The van der Waals surface area contributed by atoms with Crippen molar-refractivity contribution >= 4 is 38.2 Å². The average molecular weight is 453 g/mol. The zero-order valence-electron chi connectivity index (χ0n) is 18.3. The topological polar surface area (TPSA) is 43.6 Å². The van der Waals surface area contributed by atoms with Crippen LogP contribution in [0.5, 0.6) is 0 Å². The highest BCUT2D eigenvalue weighted by Gasteiger charge is 2.23. The molecule has 0 radical (unpaired) electrons. The summed E-state index contributed by atoms with van der Waals surface area (Å²) in [6, 6.07) is 32.3. The highest BCUT2D eigenvalue weighted by atomic mass is 32.1. The largest absolute Gasteiger partial charge is 0.383 e. The number of fused-ring (bicyclic) bond motifs is 3. The first-order valence-electron chi connectivity index (χ1n) is 10.9. The minimum Gasteiger partial charge on any atom is -0.383 e. The third-order valence-corrected chi connectivity index (χ3v) is 6.94. The van der Waals surface area contributed by atoms with Crippen molar-refractivity contribution in [2.75, 3.05) is 13.7 Å². The molecule has 4 aromatic carbocycles. The van der Waals surface area contributed by atoms with E-state index < -0.39 is 5.92 Å². The summed E-state index contributed by atoms with van der Waals surface area (Å²) in [5, 5.41) is 2.34. The number of rotatable bonds is 6. The Kier molecular flexibility index (Phi) is 6.15. The standard InChI is InChI=1S/C28H24N2O2S/c1-32-19-18-30-24-17-16-20-10-8-9-15-23(20)26(24)33-28(30)29-27(31)25(21-11-4-2-5-12-21)22-13-6-3-7-14-22/h2-17,25H,18-19H2,1H3. The van der Waals surface area contributed by atoms with Gasteiger partial charge in [-0.2, -0.15) is 4.99 Å². The van der Waals surface area contributed by atoms with Crippen molar-refractivity contribution in [1.29, 1.82) is 0 Å². The summed E-state index contributed by atoms with van der Waals surface area (Å²) in [6.07, 6.45) is 0. The average Bonchev–Trinajstić information content (AvgIpc) is 3.21. The lowest BCUT2D eigenvalue weighted by molar-refractivity contribution is -0.118. The van der Waals surface area contributed by atoms with E-state index in [4.69, 9.17) is 9.73 Å². The second-order valence-electron chi connectivity index (χ2n) is 7.87. The highest BCUT2D eigenvalue weighted by Crippen LogP contribution is 2.29. The van der Waals surface area contributed by atoms with Crippen LogP contribution in [0.3, 0.4) is 0 Å². The van der Waals surface area contributed by atoms with Gasteiger partial charge in [-0.25, -0.2) is 0 Å². The first-order chi connectivity index (χ1) is 16.3. The molecule has 164 valence electrons. The second kappa shape index (κ2) is 9.53. The molecule has 33 heavy (non-hydrogen) atoms. The minimum atomic E-state index is -0.453. The first kappa shape index (κ1) is 21.3. The van der Waals surface area contributed by atoms with E-state index in [2.05, 4.69) is 28.8 Å². The van der Waals surface area contributed by atoms with E-state index in [1.165, 1.54) is 10.8 Å². The number of methoxy groups -OCH3 is 1. The molecule has 0 bridgehead atoms. The number of nitrogens with zero attached hydrogens (tertiary/aromatic N) is 2. The Morgan fingerprint density at radius 3 is 2.18 bits per heavy atom. The number of aromatic nitrogens is 1. The normalized spacial score (nSPS) is 12.1. The van der Waals surface area contributed by atoms with Gasteiger partial charge in [0.1, 0.15) is 0 Å². The van der Waals surface area contributed by atoms with Crippen LogP contribution in [0, 0.1) is 0 Å². The van der Waals surface area contributed by atoms with Crippen LogP contribution in [0.2, 0.25) is 0 Å². The van der Waals surface area contributed by atoms with Gasteiger partial charge >= 0.3 is 0 Å². The van der Waals surface area contributed by atoms with Gasteiger partial charge in [0.25, 0.3) is 5.91 Å². The predicted octanol–water partition coefficient (Wildman–Crippen LogP) is 5.76. The summed E-state index contributed by atoms with van der Waals surface area (Å²) < 4.78 is 8.58. The number of hydrogen-bond acceptors (Lipinski definition) is 3. The van der Waals surface area contributed by atoms with Gasteiger partial charge in [0, 0.05) is 19.0 Å². The van der Waals surface area contributed by atoms with Crippen molar-refractivity contribution < 1.29 is 9.53 Å². The van der Waals surface area contributed by atoms with Gasteiger partial charge in [0.05, 0.1) is 22.7 Å². The van der Waals surface area contributed by atoms with E-state index in [9.17, 15) is 4.79 Å². The fourth-order valence-electron chi connectivity index (χ4n) is 4.21. The van der Waals surface area contributed by atoms with Crippen molar-refractivity contribution in [2.24, 2.45) is 4.99 Å². The number of carbonyl (C=O) groups excluding carboxylic acids is 1. The molecule has 1 aromatic heterocycles. The number of ether oxygens (including phenoxy) is 1. The third-order valence-electron chi connectivity index (χ3n) is 5.81. The summed E-state index contributed by atoms with van der Waals surface area (Å²) in [4.78, 5) is 19.1. The molecule has 0 saturated carbocycles. The molecule has 0 fully saturated rings. The van der Waals surface area contributed by atoms with Crippen molar-refractivity contribution in [3.63, 3.8) is 0 Å². The SMILES string of the molecule is COCCn1c(=NC(=O)C(c2ccccc2)c2ccccc2)sc2c3ccccc3ccc21. The fourth-order valence-corrected chi connectivity index (χ4v) is 5.41. The summed E-state index contributed by atoms with van der Waals surface area (Å²) in [7, 11) is 1.69. The van der Waals surface area contributed by atoms with Crippen LogP contribution in [0.15, 0.2) is 102 Å². The molecule has 5 aromatic rings. The number of carbonyl (C=O) groups is 1. The third kappa shape index (κ3) is 4.25. The molecule has 0 aliphatic carbocycles. The molecule has 0 spiro atoms. The zero-order valence-corrected chi connectivity index (χ0v) is 19.2. The van der Waals surface area contributed by atoms with E-state index in [1.807, 2.05) is 72.8 Å². The van der Waals surface area contributed by atoms with Gasteiger partial charge in [-0.3, -0.25) is 4.79 Å². The molecular weight excluding hydrogens is 428 g/mol. The predicted molar refractivity (Wildman–Crippen MR) is 134 cm³/mol. The van der Waals surface area contributed by atoms with E-state index in [0.717, 1.165) is 21.3 Å². The first-order valence-corrected chi connectivity index (χ1v) is 11.8. The Bertz CT molecular complexity index is 1430. The van der Waals surface area contributed by atoms with Crippen molar-refractivity contribution in [3.05, 3.63) is 113 Å². The Hall–Kier alpha value is -3.54. The van der Waals surface area contributed by atoms with E-state index in [0.29, 0.717) is 18.0 Å². The molecule has 1 amide bonds. The second-order valence-corrected chi connectivity index (χ2v) is 8.85. The molecule has 1 heterocycles. The van der Waals surface area contributed by atoms with Gasteiger partial charge in [-0.05, 0) is 22.6 Å². The molecule has 0 atom stereocenters. The van der Waals surface area contributed by atoms with E-state index in [1.54, 1.807) is 18.4 Å². The lowest BCUT2D eigenvalue weighted by atomic mass is 9.91. The van der Waals surface area contributed by atoms with E-state index in [-0.39, 0.29) is 5.91 Å². The molecule has 0 N–H and O–H groups in total. The molecular formula is C28H24N2O2S. The number of hydrogen-bond donors (Lipinski definition) is 0. The van der Waals surface area contributed by atoms with Gasteiger partial charge in [0.2, 0.25) is 0 Å². The Morgan fingerprint density at radius 1 is 0.879 bits per heavy atom. The van der Waals surface area contributed by atoms with Crippen LogP contribution in [0.1, 0.15) is 17.0 Å². The Morgan fingerprint density at radius 2 is 1.52 bits per heavy atom. The van der Waals surface area contributed by atoms with Crippen molar-refractivity contribution in [3.8, 4) is 0 Å². The molecule has 5 rings (SSSR count).